The minimum atomic E-state index is 0.522. The predicted molar refractivity (Wildman–Crippen MR) is 90.4 cm³/mol. The van der Waals surface area contributed by atoms with Crippen molar-refractivity contribution in [2.75, 3.05) is 18.5 Å². The van der Waals surface area contributed by atoms with Crippen LogP contribution < -0.4 is 10.1 Å². The fraction of sp³-hybridized carbons (Fsp3) is 0.368. The van der Waals surface area contributed by atoms with E-state index in [0.717, 1.165) is 12.3 Å². The minimum absolute atomic E-state index is 0.522. The summed E-state index contributed by atoms with van der Waals surface area (Å²) in [6.45, 7) is 10.1. The first-order chi connectivity index (χ1) is 10.1. The molecule has 0 saturated heterocycles. The zero-order chi connectivity index (χ0) is 15.2. The second kappa shape index (κ2) is 7.16. The summed E-state index contributed by atoms with van der Waals surface area (Å²) in [6.07, 6.45) is 0. The van der Waals surface area contributed by atoms with E-state index < -0.39 is 0 Å². The van der Waals surface area contributed by atoms with E-state index in [1.54, 1.807) is 0 Å². The Balaban J connectivity index is 1.89. The van der Waals surface area contributed by atoms with Crippen molar-refractivity contribution in [3.8, 4) is 5.75 Å². The van der Waals surface area contributed by atoms with E-state index in [1.807, 2.05) is 0 Å². The molecule has 2 rings (SSSR count). The molecule has 1 N–H and O–H groups in total. The molecule has 2 nitrogen and oxygen atoms in total. The molecule has 2 aromatic carbocycles. The number of anilines is 1. The summed E-state index contributed by atoms with van der Waals surface area (Å²) in [4.78, 5) is 0. The van der Waals surface area contributed by atoms with Crippen molar-refractivity contribution < 1.29 is 4.74 Å². The van der Waals surface area contributed by atoms with Crippen molar-refractivity contribution in [2.24, 2.45) is 0 Å². The molecule has 0 fully saturated rings. The second-order valence-corrected chi connectivity index (χ2v) is 5.79. The van der Waals surface area contributed by atoms with Gasteiger partial charge in [0.15, 0.2) is 0 Å². The first kappa shape index (κ1) is 15.4. The third-order valence-corrected chi connectivity index (χ3v) is 3.60. The summed E-state index contributed by atoms with van der Waals surface area (Å²) in [5.41, 5.74) is 4.97. The van der Waals surface area contributed by atoms with Crippen molar-refractivity contribution in [3.63, 3.8) is 0 Å². The third kappa shape index (κ3) is 4.25. The maximum Gasteiger partial charge on any atom is 0.122 e. The maximum atomic E-state index is 5.88. The Hall–Kier alpha value is -1.96. The van der Waals surface area contributed by atoms with Gasteiger partial charge in [-0.2, -0.15) is 0 Å². The lowest BCUT2D eigenvalue weighted by molar-refractivity contribution is 0.330. The molecule has 0 aliphatic heterocycles. The lowest BCUT2D eigenvalue weighted by Crippen LogP contribution is -2.13. The van der Waals surface area contributed by atoms with Gasteiger partial charge in [0.2, 0.25) is 0 Å². The monoisotopic (exact) mass is 283 g/mol. The number of para-hydroxylation sites is 1. The van der Waals surface area contributed by atoms with Crippen molar-refractivity contribution in [3.05, 3.63) is 59.2 Å². The second-order valence-electron chi connectivity index (χ2n) is 5.79. The molecule has 0 unspecified atom stereocenters. The van der Waals surface area contributed by atoms with Crippen LogP contribution in [0.15, 0.2) is 42.5 Å². The summed E-state index contributed by atoms with van der Waals surface area (Å²) in [6, 6.07) is 14.8. The van der Waals surface area contributed by atoms with Gasteiger partial charge >= 0.3 is 0 Å². The van der Waals surface area contributed by atoms with Crippen LogP contribution in [0.2, 0.25) is 0 Å². The quantitative estimate of drug-likeness (QED) is 0.760. The molecule has 0 amide bonds. The first-order valence-corrected chi connectivity index (χ1v) is 7.61. The highest BCUT2D eigenvalue weighted by molar-refractivity contribution is 5.52. The highest BCUT2D eigenvalue weighted by Crippen LogP contribution is 2.23. The van der Waals surface area contributed by atoms with Crippen LogP contribution in [0, 0.1) is 13.8 Å². The predicted octanol–water partition coefficient (Wildman–Crippen LogP) is 4.92. The van der Waals surface area contributed by atoms with E-state index in [-0.39, 0.29) is 0 Å². The van der Waals surface area contributed by atoms with Crippen LogP contribution in [-0.4, -0.2) is 13.2 Å². The summed E-state index contributed by atoms with van der Waals surface area (Å²) in [7, 11) is 0. The lowest BCUT2D eigenvalue weighted by Gasteiger charge is -2.15. The number of ether oxygens (including phenoxy) is 1. The standard InChI is InChI=1S/C19H25NO/c1-14(2)17-7-5-6-8-18(17)20-11-12-21-19-13-15(3)9-10-16(19)4/h5-10,13-14,20H,11-12H2,1-4H3. The summed E-state index contributed by atoms with van der Waals surface area (Å²) < 4.78 is 5.88. The average Bonchev–Trinajstić information content (AvgIpc) is 2.47. The van der Waals surface area contributed by atoms with Crippen LogP contribution in [0.5, 0.6) is 5.75 Å². The van der Waals surface area contributed by atoms with Crippen LogP contribution in [-0.2, 0) is 0 Å². The number of hydrogen-bond acceptors (Lipinski definition) is 2. The molecule has 0 saturated carbocycles. The largest absolute Gasteiger partial charge is 0.491 e. The van der Waals surface area contributed by atoms with Gasteiger partial charge in [-0.1, -0.05) is 44.2 Å². The molecule has 0 bridgehead atoms. The van der Waals surface area contributed by atoms with Gasteiger partial charge in [-0.05, 0) is 48.6 Å². The zero-order valence-electron chi connectivity index (χ0n) is 13.4. The number of benzene rings is 2. The Bertz CT molecular complexity index is 590. The van der Waals surface area contributed by atoms with E-state index in [2.05, 4.69) is 75.5 Å². The molecular weight excluding hydrogens is 258 g/mol. The third-order valence-electron chi connectivity index (χ3n) is 3.60. The summed E-state index contributed by atoms with van der Waals surface area (Å²) in [5, 5.41) is 3.47. The van der Waals surface area contributed by atoms with E-state index >= 15 is 0 Å². The van der Waals surface area contributed by atoms with Crippen LogP contribution in [0.4, 0.5) is 5.69 Å². The molecule has 0 spiro atoms. The van der Waals surface area contributed by atoms with Crippen molar-refractivity contribution >= 4 is 5.69 Å². The molecule has 0 heterocycles. The molecule has 0 aliphatic rings. The van der Waals surface area contributed by atoms with Gasteiger partial charge in [0.1, 0.15) is 12.4 Å². The maximum absolute atomic E-state index is 5.88. The van der Waals surface area contributed by atoms with Crippen LogP contribution in [0.1, 0.15) is 36.5 Å². The van der Waals surface area contributed by atoms with Gasteiger partial charge in [-0.15, -0.1) is 0 Å². The summed E-state index contributed by atoms with van der Waals surface area (Å²) >= 11 is 0. The SMILES string of the molecule is Cc1ccc(C)c(OCCNc2ccccc2C(C)C)c1. The highest BCUT2D eigenvalue weighted by atomic mass is 16.5. The van der Waals surface area contributed by atoms with Crippen molar-refractivity contribution in [1.82, 2.24) is 0 Å². The highest BCUT2D eigenvalue weighted by Gasteiger charge is 2.05. The summed E-state index contributed by atoms with van der Waals surface area (Å²) in [5.74, 6) is 1.50. The Morgan fingerprint density at radius 3 is 2.57 bits per heavy atom. The van der Waals surface area contributed by atoms with Gasteiger partial charge in [0.25, 0.3) is 0 Å². The van der Waals surface area contributed by atoms with Crippen LogP contribution in [0.25, 0.3) is 0 Å². The minimum Gasteiger partial charge on any atom is -0.491 e. The lowest BCUT2D eigenvalue weighted by atomic mass is 10.0. The molecule has 0 aromatic heterocycles. The van der Waals surface area contributed by atoms with Gasteiger partial charge in [0, 0.05) is 12.2 Å². The Kier molecular flexibility index (Phi) is 5.26. The number of aryl methyl sites for hydroxylation is 2. The van der Waals surface area contributed by atoms with E-state index in [0.29, 0.717) is 12.5 Å². The van der Waals surface area contributed by atoms with Crippen LogP contribution >= 0.6 is 0 Å². The molecule has 2 heteroatoms. The van der Waals surface area contributed by atoms with Gasteiger partial charge in [0.05, 0.1) is 0 Å². The first-order valence-electron chi connectivity index (χ1n) is 7.61. The topological polar surface area (TPSA) is 21.3 Å². The van der Waals surface area contributed by atoms with E-state index in [4.69, 9.17) is 4.74 Å². The van der Waals surface area contributed by atoms with Gasteiger partial charge in [-0.25, -0.2) is 0 Å². The molecule has 0 atom stereocenters. The van der Waals surface area contributed by atoms with Gasteiger partial charge in [-0.3, -0.25) is 0 Å². The molecule has 112 valence electrons. The molecule has 0 radical (unpaired) electrons. The Morgan fingerprint density at radius 1 is 1.05 bits per heavy atom. The van der Waals surface area contributed by atoms with E-state index in [9.17, 15) is 0 Å². The fourth-order valence-corrected chi connectivity index (χ4v) is 2.37. The smallest absolute Gasteiger partial charge is 0.122 e. The fourth-order valence-electron chi connectivity index (χ4n) is 2.37. The van der Waals surface area contributed by atoms with Gasteiger partial charge < -0.3 is 10.1 Å². The number of nitrogens with one attached hydrogen (secondary N) is 1. The molecule has 0 aliphatic carbocycles. The molecule has 2 aromatic rings. The van der Waals surface area contributed by atoms with Crippen molar-refractivity contribution in [2.45, 2.75) is 33.6 Å². The molecular formula is C19H25NO. The Labute approximate surface area is 128 Å². The number of rotatable bonds is 6. The van der Waals surface area contributed by atoms with Crippen molar-refractivity contribution in [1.29, 1.82) is 0 Å². The van der Waals surface area contributed by atoms with E-state index in [1.165, 1.54) is 22.4 Å². The number of hydrogen-bond donors (Lipinski definition) is 1. The average molecular weight is 283 g/mol. The molecule has 21 heavy (non-hydrogen) atoms. The zero-order valence-corrected chi connectivity index (χ0v) is 13.4. The Morgan fingerprint density at radius 2 is 1.81 bits per heavy atom. The van der Waals surface area contributed by atoms with Crippen LogP contribution in [0.3, 0.4) is 0 Å². The normalized spacial score (nSPS) is 10.7.